The van der Waals surface area contributed by atoms with Crippen LogP contribution in [-0.2, 0) is 0 Å². The van der Waals surface area contributed by atoms with Crippen molar-refractivity contribution in [1.29, 1.82) is 0 Å². The maximum absolute atomic E-state index is 12.4. The molecular formula is C14H22BrN3O2. The van der Waals surface area contributed by atoms with E-state index < -0.39 is 0 Å². The topological polar surface area (TPSA) is 78.0 Å². The number of aliphatic hydroxyl groups is 1. The van der Waals surface area contributed by atoms with Crippen molar-refractivity contribution >= 4 is 21.8 Å². The number of amides is 1. The number of aromatic nitrogens is 2. The summed E-state index contributed by atoms with van der Waals surface area (Å²) in [4.78, 5) is 12.4. The zero-order valence-corrected chi connectivity index (χ0v) is 13.7. The van der Waals surface area contributed by atoms with Crippen LogP contribution in [0.4, 0.5) is 0 Å². The Labute approximate surface area is 127 Å². The third-order valence-electron chi connectivity index (χ3n) is 4.27. The molecule has 2 atom stereocenters. The molecular weight excluding hydrogens is 322 g/mol. The number of H-pyrrole nitrogens is 1. The summed E-state index contributed by atoms with van der Waals surface area (Å²) in [5.41, 5.74) is 1.09. The van der Waals surface area contributed by atoms with Gasteiger partial charge in [-0.25, -0.2) is 0 Å². The van der Waals surface area contributed by atoms with Gasteiger partial charge in [-0.3, -0.25) is 9.89 Å². The second-order valence-corrected chi connectivity index (χ2v) is 6.98. The number of rotatable bonds is 4. The van der Waals surface area contributed by atoms with Crippen molar-refractivity contribution in [2.45, 2.75) is 52.0 Å². The lowest BCUT2D eigenvalue weighted by molar-refractivity contribution is 0.0825. The maximum Gasteiger partial charge on any atom is 0.273 e. The lowest BCUT2D eigenvalue weighted by Gasteiger charge is -2.29. The molecule has 1 aromatic rings. The van der Waals surface area contributed by atoms with Gasteiger partial charge >= 0.3 is 0 Å². The second kappa shape index (κ2) is 5.85. The van der Waals surface area contributed by atoms with E-state index in [1.54, 1.807) is 0 Å². The minimum absolute atomic E-state index is 0.00565. The van der Waals surface area contributed by atoms with Crippen LogP contribution in [-0.4, -0.2) is 33.9 Å². The molecule has 0 radical (unpaired) electrons. The minimum Gasteiger partial charge on any atom is -0.396 e. The molecule has 1 aliphatic carbocycles. The van der Waals surface area contributed by atoms with Crippen LogP contribution in [0.1, 0.15) is 62.1 Å². The first-order valence-electron chi connectivity index (χ1n) is 7.04. The molecule has 0 saturated heterocycles. The molecule has 5 nitrogen and oxygen atoms in total. The Morgan fingerprint density at radius 1 is 1.65 bits per heavy atom. The van der Waals surface area contributed by atoms with Crippen molar-refractivity contribution in [3.8, 4) is 0 Å². The zero-order chi connectivity index (χ0) is 14.9. The largest absolute Gasteiger partial charge is 0.396 e. The summed E-state index contributed by atoms with van der Waals surface area (Å²) in [7, 11) is 0. The van der Waals surface area contributed by atoms with Gasteiger partial charge in [-0.2, -0.15) is 5.10 Å². The molecule has 0 aromatic carbocycles. The quantitative estimate of drug-likeness (QED) is 0.786. The van der Waals surface area contributed by atoms with E-state index in [4.69, 9.17) is 0 Å². The summed E-state index contributed by atoms with van der Waals surface area (Å²) in [6.45, 7) is 6.19. The molecule has 1 fully saturated rings. The Bertz CT molecular complexity index is 501. The van der Waals surface area contributed by atoms with E-state index in [9.17, 15) is 9.90 Å². The standard InChI is InChI=1S/C14H22BrN3O2/c1-8(2)11-10(15)12(18-17-11)13(20)16-9-5-4-6-14(9,3)7-19/h8-9,19H,4-7H2,1-3H3,(H,16,20)(H,17,18). The monoisotopic (exact) mass is 343 g/mol. The van der Waals surface area contributed by atoms with Gasteiger partial charge in [0.2, 0.25) is 0 Å². The Morgan fingerprint density at radius 3 is 2.90 bits per heavy atom. The van der Waals surface area contributed by atoms with Gasteiger partial charge in [0.05, 0.1) is 16.8 Å². The van der Waals surface area contributed by atoms with Crippen molar-refractivity contribution in [1.82, 2.24) is 15.5 Å². The maximum atomic E-state index is 12.4. The van der Waals surface area contributed by atoms with Crippen molar-refractivity contribution in [2.24, 2.45) is 5.41 Å². The molecule has 1 aromatic heterocycles. The van der Waals surface area contributed by atoms with E-state index in [2.05, 4.69) is 31.4 Å². The number of carbonyl (C=O) groups excluding carboxylic acids is 1. The molecule has 2 rings (SSSR count). The number of nitrogens with zero attached hydrogens (tertiary/aromatic N) is 1. The van der Waals surface area contributed by atoms with E-state index in [1.807, 2.05) is 20.8 Å². The molecule has 1 saturated carbocycles. The second-order valence-electron chi connectivity index (χ2n) is 6.18. The highest BCUT2D eigenvalue weighted by Gasteiger charge is 2.39. The Balaban J connectivity index is 2.13. The highest BCUT2D eigenvalue weighted by molar-refractivity contribution is 9.10. The van der Waals surface area contributed by atoms with Gasteiger partial charge in [0.15, 0.2) is 5.69 Å². The van der Waals surface area contributed by atoms with Gasteiger partial charge in [-0.1, -0.05) is 27.2 Å². The summed E-state index contributed by atoms with van der Waals surface area (Å²) in [6.07, 6.45) is 2.87. The number of nitrogens with one attached hydrogen (secondary N) is 2. The first kappa shape index (κ1) is 15.5. The Hall–Kier alpha value is -0.880. The first-order chi connectivity index (χ1) is 9.39. The Morgan fingerprint density at radius 2 is 2.35 bits per heavy atom. The smallest absolute Gasteiger partial charge is 0.273 e. The van der Waals surface area contributed by atoms with Gasteiger partial charge in [0.25, 0.3) is 5.91 Å². The normalized spacial score (nSPS) is 26.2. The summed E-state index contributed by atoms with van der Waals surface area (Å²) in [5, 5.41) is 19.6. The lowest BCUT2D eigenvalue weighted by Crippen LogP contribution is -2.45. The van der Waals surface area contributed by atoms with E-state index in [-0.39, 0.29) is 29.9 Å². The van der Waals surface area contributed by atoms with E-state index >= 15 is 0 Å². The van der Waals surface area contributed by atoms with Crippen LogP contribution in [0.3, 0.4) is 0 Å². The third kappa shape index (κ3) is 2.76. The molecule has 0 aliphatic heterocycles. The third-order valence-corrected chi connectivity index (χ3v) is 5.08. The average molecular weight is 344 g/mol. The van der Waals surface area contributed by atoms with Gasteiger partial charge in [0, 0.05) is 11.5 Å². The van der Waals surface area contributed by atoms with Crippen LogP contribution in [0.25, 0.3) is 0 Å². The molecule has 6 heteroatoms. The van der Waals surface area contributed by atoms with Crippen LogP contribution in [0.5, 0.6) is 0 Å². The number of hydrogen-bond donors (Lipinski definition) is 3. The molecule has 2 unspecified atom stereocenters. The van der Waals surface area contributed by atoms with Gasteiger partial charge < -0.3 is 10.4 Å². The molecule has 0 bridgehead atoms. The first-order valence-corrected chi connectivity index (χ1v) is 7.84. The molecule has 3 N–H and O–H groups in total. The lowest BCUT2D eigenvalue weighted by atomic mass is 9.86. The van der Waals surface area contributed by atoms with Crippen molar-refractivity contribution < 1.29 is 9.90 Å². The van der Waals surface area contributed by atoms with Crippen molar-refractivity contribution in [2.75, 3.05) is 6.61 Å². The molecule has 20 heavy (non-hydrogen) atoms. The molecule has 1 amide bonds. The van der Waals surface area contributed by atoms with Gasteiger partial charge in [-0.05, 0) is 34.7 Å². The number of halogens is 1. The van der Waals surface area contributed by atoms with E-state index in [0.29, 0.717) is 5.69 Å². The molecule has 1 aliphatic rings. The fourth-order valence-corrected chi connectivity index (χ4v) is 3.59. The number of carbonyl (C=O) groups is 1. The number of aromatic amines is 1. The zero-order valence-electron chi connectivity index (χ0n) is 12.2. The molecule has 112 valence electrons. The SMILES string of the molecule is CC(C)c1[nH]nc(C(=O)NC2CCCC2(C)CO)c1Br. The highest BCUT2D eigenvalue weighted by atomic mass is 79.9. The van der Waals surface area contributed by atoms with Crippen LogP contribution in [0, 0.1) is 5.41 Å². The van der Waals surface area contributed by atoms with E-state index in [0.717, 1.165) is 29.4 Å². The summed E-state index contributed by atoms with van der Waals surface area (Å²) in [5.74, 6) is 0.0826. The van der Waals surface area contributed by atoms with Crippen molar-refractivity contribution in [3.05, 3.63) is 15.9 Å². The highest BCUT2D eigenvalue weighted by Crippen LogP contribution is 2.37. The fourth-order valence-electron chi connectivity index (χ4n) is 2.77. The van der Waals surface area contributed by atoms with Crippen LogP contribution in [0.15, 0.2) is 4.47 Å². The number of hydrogen-bond acceptors (Lipinski definition) is 3. The van der Waals surface area contributed by atoms with E-state index in [1.165, 1.54) is 0 Å². The van der Waals surface area contributed by atoms with Crippen LogP contribution >= 0.6 is 15.9 Å². The minimum atomic E-state index is -0.223. The van der Waals surface area contributed by atoms with Gasteiger partial charge in [-0.15, -0.1) is 0 Å². The van der Waals surface area contributed by atoms with Gasteiger partial charge in [0.1, 0.15) is 0 Å². The van der Waals surface area contributed by atoms with Crippen molar-refractivity contribution in [3.63, 3.8) is 0 Å². The van der Waals surface area contributed by atoms with Crippen LogP contribution < -0.4 is 5.32 Å². The summed E-state index contributed by atoms with van der Waals surface area (Å²) in [6, 6.07) is 0.00565. The fraction of sp³-hybridized carbons (Fsp3) is 0.714. The molecule has 1 heterocycles. The summed E-state index contributed by atoms with van der Waals surface area (Å²) >= 11 is 3.44. The Kier molecular flexibility index (Phi) is 4.54. The predicted octanol–water partition coefficient (Wildman–Crippen LogP) is 2.58. The number of aliphatic hydroxyl groups excluding tert-OH is 1. The summed E-state index contributed by atoms with van der Waals surface area (Å²) < 4.78 is 0.730. The average Bonchev–Trinajstić information content (AvgIpc) is 2.94. The van der Waals surface area contributed by atoms with Crippen LogP contribution in [0.2, 0.25) is 0 Å². The molecule has 0 spiro atoms. The predicted molar refractivity (Wildman–Crippen MR) is 80.7 cm³/mol.